The average molecular weight is 263 g/mol. The monoisotopic (exact) mass is 263 g/mol. The molecule has 0 bridgehead atoms. The van der Waals surface area contributed by atoms with Crippen LogP contribution in [-0.2, 0) is 4.74 Å². The number of carbonyl (C=O) groups is 1. The van der Waals surface area contributed by atoms with Crippen LogP contribution in [0, 0.1) is 0 Å². The molecule has 5 heteroatoms. The molecule has 1 unspecified atom stereocenters. The SMILES string of the molecule is CC1(C)CC(NC(=O)c2ccc(N)cc2N)CCO1. The Labute approximate surface area is 113 Å². The fourth-order valence-corrected chi connectivity index (χ4v) is 2.41. The molecule has 0 radical (unpaired) electrons. The van der Waals surface area contributed by atoms with Gasteiger partial charge in [0, 0.05) is 24.0 Å². The van der Waals surface area contributed by atoms with Crippen molar-refractivity contribution in [1.82, 2.24) is 5.32 Å². The van der Waals surface area contributed by atoms with Crippen molar-refractivity contribution in [2.75, 3.05) is 18.1 Å². The molecule has 2 rings (SSSR count). The van der Waals surface area contributed by atoms with Crippen molar-refractivity contribution >= 4 is 17.3 Å². The Morgan fingerprint density at radius 1 is 1.42 bits per heavy atom. The number of rotatable bonds is 2. The number of ether oxygens (including phenoxy) is 1. The van der Waals surface area contributed by atoms with Crippen molar-refractivity contribution < 1.29 is 9.53 Å². The first-order chi connectivity index (χ1) is 8.87. The largest absolute Gasteiger partial charge is 0.399 e. The van der Waals surface area contributed by atoms with Gasteiger partial charge < -0.3 is 21.5 Å². The zero-order chi connectivity index (χ0) is 14.0. The second-order valence-corrected chi connectivity index (χ2v) is 5.62. The summed E-state index contributed by atoms with van der Waals surface area (Å²) in [4.78, 5) is 12.2. The van der Waals surface area contributed by atoms with E-state index in [0.29, 0.717) is 23.5 Å². The van der Waals surface area contributed by atoms with Gasteiger partial charge in [-0.15, -0.1) is 0 Å². The Bertz CT molecular complexity index is 486. The van der Waals surface area contributed by atoms with Crippen LogP contribution in [0.4, 0.5) is 11.4 Å². The molecule has 19 heavy (non-hydrogen) atoms. The Kier molecular flexibility index (Phi) is 3.66. The minimum atomic E-state index is -0.192. The fraction of sp³-hybridized carbons (Fsp3) is 0.500. The van der Waals surface area contributed by atoms with Crippen LogP contribution in [0.3, 0.4) is 0 Å². The van der Waals surface area contributed by atoms with Crippen LogP contribution in [0.1, 0.15) is 37.0 Å². The third-order valence-corrected chi connectivity index (χ3v) is 3.35. The lowest BCUT2D eigenvalue weighted by atomic mass is 9.93. The van der Waals surface area contributed by atoms with Gasteiger partial charge in [-0.3, -0.25) is 4.79 Å². The van der Waals surface area contributed by atoms with Crippen molar-refractivity contribution in [2.45, 2.75) is 38.3 Å². The van der Waals surface area contributed by atoms with Crippen molar-refractivity contribution in [3.05, 3.63) is 23.8 Å². The van der Waals surface area contributed by atoms with E-state index < -0.39 is 0 Å². The standard InChI is InChI=1S/C14H21N3O2/c1-14(2)8-10(5-6-19-14)17-13(18)11-4-3-9(15)7-12(11)16/h3-4,7,10H,5-6,8,15-16H2,1-2H3,(H,17,18). The summed E-state index contributed by atoms with van der Waals surface area (Å²) in [6.07, 6.45) is 1.62. The Hall–Kier alpha value is -1.75. The highest BCUT2D eigenvalue weighted by Gasteiger charge is 2.30. The lowest BCUT2D eigenvalue weighted by molar-refractivity contribution is -0.0615. The lowest BCUT2D eigenvalue weighted by Crippen LogP contribution is -2.45. The van der Waals surface area contributed by atoms with Crippen molar-refractivity contribution in [3.63, 3.8) is 0 Å². The van der Waals surface area contributed by atoms with Crippen LogP contribution in [0.25, 0.3) is 0 Å². The number of nitrogens with two attached hydrogens (primary N) is 2. The molecule has 104 valence electrons. The highest BCUT2D eigenvalue weighted by Crippen LogP contribution is 2.24. The van der Waals surface area contributed by atoms with E-state index in [9.17, 15) is 4.79 Å². The number of nitrogen functional groups attached to an aromatic ring is 2. The Morgan fingerprint density at radius 2 is 2.16 bits per heavy atom. The van der Waals surface area contributed by atoms with Gasteiger partial charge in [-0.1, -0.05) is 0 Å². The van der Waals surface area contributed by atoms with Crippen LogP contribution in [0.2, 0.25) is 0 Å². The van der Waals surface area contributed by atoms with Gasteiger partial charge in [-0.05, 0) is 44.9 Å². The molecule has 5 nitrogen and oxygen atoms in total. The molecule has 1 aliphatic rings. The molecule has 1 fully saturated rings. The van der Waals surface area contributed by atoms with Crippen LogP contribution in [0.5, 0.6) is 0 Å². The third kappa shape index (κ3) is 3.38. The maximum absolute atomic E-state index is 12.2. The molecule has 1 aromatic rings. The second kappa shape index (κ2) is 5.09. The minimum absolute atomic E-state index is 0.119. The predicted molar refractivity (Wildman–Crippen MR) is 75.8 cm³/mol. The molecule has 1 saturated heterocycles. The summed E-state index contributed by atoms with van der Waals surface area (Å²) in [5, 5.41) is 3.01. The molecule has 0 spiro atoms. The minimum Gasteiger partial charge on any atom is -0.399 e. The van der Waals surface area contributed by atoms with E-state index in [2.05, 4.69) is 5.32 Å². The van der Waals surface area contributed by atoms with E-state index >= 15 is 0 Å². The number of hydrogen-bond acceptors (Lipinski definition) is 4. The summed E-state index contributed by atoms with van der Waals surface area (Å²) in [6.45, 7) is 4.72. The van der Waals surface area contributed by atoms with Crippen LogP contribution in [-0.4, -0.2) is 24.2 Å². The van der Waals surface area contributed by atoms with E-state index in [4.69, 9.17) is 16.2 Å². The molecule has 1 aromatic carbocycles. The van der Waals surface area contributed by atoms with Crippen LogP contribution >= 0.6 is 0 Å². The van der Waals surface area contributed by atoms with E-state index in [1.807, 2.05) is 13.8 Å². The Balaban J connectivity index is 2.04. The number of hydrogen-bond donors (Lipinski definition) is 3. The predicted octanol–water partition coefficient (Wildman–Crippen LogP) is 1.54. The van der Waals surface area contributed by atoms with Crippen molar-refractivity contribution in [2.24, 2.45) is 0 Å². The maximum Gasteiger partial charge on any atom is 0.253 e. The summed E-state index contributed by atoms with van der Waals surface area (Å²) < 4.78 is 5.63. The number of benzene rings is 1. The smallest absolute Gasteiger partial charge is 0.253 e. The molecule has 1 atom stereocenters. The lowest BCUT2D eigenvalue weighted by Gasteiger charge is -2.35. The van der Waals surface area contributed by atoms with Gasteiger partial charge in [-0.25, -0.2) is 0 Å². The summed E-state index contributed by atoms with van der Waals surface area (Å²) in [7, 11) is 0. The summed E-state index contributed by atoms with van der Waals surface area (Å²) in [6, 6.07) is 5.06. The molecular weight excluding hydrogens is 242 g/mol. The van der Waals surface area contributed by atoms with E-state index in [0.717, 1.165) is 12.8 Å². The summed E-state index contributed by atoms with van der Waals surface area (Å²) in [5.41, 5.74) is 12.7. The average Bonchev–Trinajstić information content (AvgIpc) is 2.27. The van der Waals surface area contributed by atoms with Gasteiger partial charge in [0.25, 0.3) is 5.91 Å². The van der Waals surface area contributed by atoms with Gasteiger partial charge in [0.15, 0.2) is 0 Å². The molecule has 1 aliphatic heterocycles. The zero-order valence-electron chi connectivity index (χ0n) is 11.4. The molecule has 0 aliphatic carbocycles. The number of amides is 1. The van der Waals surface area contributed by atoms with Crippen molar-refractivity contribution in [1.29, 1.82) is 0 Å². The molecule has 5 N–H and O–H groups in total. The second-order valence-electron chi connectivity index (χ2n) is 5.62. The highest BCUT2D eigenvalue weighted by molar-refractivity contribution is 5.99. The first-order valence-electron chi connectivity index (χ1n) is 6.47. The van der Waals surface area contributed by atoms with Crippen LogP contribution < -0.4 is 16.8 Å². The van der Waals surface area contributed by atoms with Crippen molar-refractivity contribution in [3.8, 4) is 0 Å². The first kappa shape index (κ1) is 13.7. The van der Waals surface area contributed by atoms with Gasteiger partial charge in [0.1, 0.15) is 0 Å². The van der Waals surface area contributed by atoms with Gasteiger partial charge in [0.05, 0.1) is 11.2 Å². The number of nitrogens with one attached hydrogen (secondary N) is 1. The van der Waals surface area contributed by atoms with Gasteiger partial charge in [0.2, 0.25) is 0 Å². The molecule has 1 heterocycles. The fourth-order valence-electron chi connectivity index (χ4n) is 2.41. The van der Waals surface area contributed by atoms with E-state index in [1.165, 1.54) is 0 Å². The van der Waals surface area contributed by atoms with Gasteiger partial charge in [-0.2, -0.15) is 0 Å². The van der Waals surface area contributed by atoms with Crippen LogP contribution in [0.15, 0.2) is 18.2 Å². The Morgan fingerprint density at radius 3 is 2.79 bits per heavy atom. The number of carbonyl (C=O) groups excluding carboxylic acids is 1. The van der Waals surface area contributed by atoms with Gasteiger partial charge >= 0.3 is 0 Å². The first-order valence-corrected chi connectivity index (χ1v) is 6.47. The maximum atomic E-state index is 12.2. The normalized spacial score (nSPS) is 21.9. The molecule has 1 amide bonds. The third-order valence-electron chi connectivity index (χ3n) is 3.35. The summed E-state index contributed by atoms with van der Waals surface area (Å²) in [5.74, 6) is -0.153. The number of anilines is 2. The topological polar surface area (TPSA) is 90.4 Å². The molecular formula is C14H21N3O2. The molecule has 0 saturated carbocycles. The highest BCUT2D eigenvalue weighted by atomic mass is 16.5. The van der Waals surface area contributed by atoms with E-state index in [-0.39, 0.29) is 17.6 Å². The zero-order valence-corrected chi connectivity index (χ0v) is 11.4. The quantitative estimate of drug-likeness (QED) is 0.706. The molecule has 0 aromatic heterocycles. The van der Waals surface area contributed by atoms with E-state index in [1.54, 1.807) is 18.2 Å². The summed E-state index contributed by atoms with van der Waals surface area (Å²) >= 11 is 0.